The number of nitrogens with one attached hydrogen (secondary N) is 2. The van der Waals surface area contributed by atoms with Gasteiger partial charge in [-0.3, -0.25) is 0 Å². The Morgan fingerprint density at radius 2 is 2.27 bits per heavy atom. The summed E-state index contributed by atoms with van der Waals surface area (Å²) in [5.41, 5.74) is 2.75. The summed E-state index contributed by atoms with van der Waals surface area (Å²) in [4.78, 5) is 15.9. The number of carbonyl (C=O) groups is 1. The normalized spacial score (nSPS) is 11.6. The summed E-state index contributed by atoms with van der Waals surface area (Å²) < 4.78 is 5.01. The summed E-state index contributed by atoms with van der Waals surface area (Å²) in [6.45, 7) is 2.16. The molecule has 0 atom stereocenters. The topological polar surface area (TPSA) is 54.1 Å². The van der Waals surface area contributed by atoms with Crippen LogP contribution in [-0.2, 0) is 9.53 Å². The molecule has 0 aliphatic carbocycles. The standard InChI is InChI=1S/C17H16N2O2S/c1-2-21-17(20)11-15(16-4-3-9-22-16)19-13-5-6-14-12(10-13)7-8-18-14/h3-11,18-19H,2H2,1H3/b15-11+. The van der Waals surface area contributed by atoms with Crippen LogP contribution in [0.15, 0.2) is 54.1 Å². The average molecular weight is 312 g/mol. The first-order valence-electron chi connectivity index (χ1n) is 7.03. The van der Waals surface area contributed by atoms with E-state index in [1.54, 1.807) is 18.3 Å². The lowest BCUT2D eigenvalue weighted by molar-refractivity contribution is -0.137. The molecule has 2 heterocycles. The lowest BCUT2D eigenvalue weighted by atomic mass is 10.2. The molecule has 3 rings (SSSR count). The highest BCUT2D eigenvalue weighted by Gasteiger charge is 2.08. The number of ether oxygens (including phenoxy) is 1. The van der Waals surface area contributed by atoms with Gasteiger partial charge >= 0.3 is 5.97 Å². The molecule has 0 saturated carbocycles. The molecule has 1 aromatic carbocycles. The fourth-order valence-corrected chi connectivity index (χ4v) is 2.89. The molecule has 0 unspecified atom stereocenters. The Morgan fingerprint density at radius 1 is 1.36 bits per heavy atom. The van der Waals surface area contributed by atoms with Crippen molar-refractivity contribution in [1.29, 1.82) is 0 Å². The van der Waals surface area contributed by atoms with Crippen LogP contribution in [0.1, 0.15) is 11.8 Å². The molecule has 4 nitrogen and oxygen atoms in total. The quantitative estimate of drug-likeness (QED) is 0.547. The minimum atomic E-state index is -0.346. The fourth-order valence-electron chi connectivity index (χ4n) is 2.19. The van der Waals surface area contributed by atoms with Crippen LogP contribution in [0.5, 0.6) is 0 Å². The van der Waals surface area contributed by atoms with Crippen LogP contribution >= 0.6 is 11.3 Å². The van der Waals surface area contributed by atoms with E-state index in [-0.39, 0.29) is 5.97 Å². The van der Waals surface area contributed by atoms with Gasteiger partial charge in [0.15, 0.2) is 0 Å². The number of hydrogen-bond acceptors (Lipinski definition) is 4. The van der Waals surface area contributed by atoms with E-state index in [2.05, 4.69) is 10.3 Å². The van der Waals surface area contributed by atoms with E-state index < -0.39 is 0 Å². The van der Waals surface area contributed by atoms with Gasteiger partial charge < -0.3 is 15.0 Å². The zero-order valence-electron chi connectivity index (χ0n) is 12.1. The van der Waals surface area contributed by atoms with Crippen molar-refractivity contribution in [2.45, 2.75) is 6.92 Å². The van der Waals surface area contributed by atoms with Gasteiger partial charge in [-0.25, -0.2) is 4.79 Å². The number of hydrogen-bond donors (Lipinski definition) is 2. The van der Waals surface area contributed by atoms with Gasteiger partial charge in [0.1, 0.15) is 0 Å². The SMILES string of the molecule is CCOC(=O)/C=C(/Nc1ccc2[nH]ccc2c1)c1cccs1. The number of aromatic nitrogens is 1. The van der Waals surface area contributed by atoms with Gasteiger partial charge in [-0.1, -0.05) is 6.07 Å². The third kappa shape index (κ3) is 3.20. The monoisotopic (exact) mass is 312 g/mol. The number of aromatic amines is 1. The predicted octanol–water partition coefficient (Wildman–Crippen LogP) is 4.25. The molecule has 2 aromatic heterocycles. The molecule has 22 heavy (non-hydrogen) atoms. The van der Waals surface area contributed by atoms with Crippen molar-refractivity contribution in [2.75, 3.05) is 11.9 Å². The summed E-state index contributed by atoms with van der Waals surface area (Å²) >= 11 is 1.57. The second kappa shape index (κ2) is 6.49. The first kappa shape index (κ1) is 14.4. The van der Waals surface area contributed by atoms with Crippen molar-refractivity contribution in [3.8, 4) is 0 Å². The second-order valence-corrected chi connectivity index (χ2v) is 5.64. The average Bonchev–Trinajstić information content (AvgIpc) is 3.18. The van der Waals surface area contributed by atoms with E-state index in [9.17, 15) is 4.79 Å². The van der Waals surface area contributed by atoms with Crippen LogP contribution in [0.3, 0.4) is 0 Å². The van der Waals surface area contributed by atoms with Crippen LogP contribution in [-0.4, -0.2) is 17.6 Å². The third-order valence-corrected chi connectivity index (χ3v) is 4.07. The Bertz CT molecular complexity index is 803. The summed E-state index contributed by atoms with van der Waals surface area (Å²) in [5.74, 6) is -0.346. The number of fused-ring (bicyclic) bond motifs is 1. The Kier molecular flexibility index (Phi) is 4.25. The number of anilines is 1. The van der Waals surface area contributed by atoms with Gasteiger partial charge in [-0.2, -0.15) is 0 Å². The zero-order chi connectivity index (χ0) is 15.4. The highest BCUT2D eigenvalue weighted by atomic mass is 32.1. The maximum Gasteiger partial charge on any atom is 0.332 e. The molecular formula is C17H16N2O2S. The van der Waals surface area contributed by atoms with Crippen LogP contribution in [0.4, 0.5) is 5.69 Å². The highest BCUT2D eigenvalue weighted by molar-refractivity contribution is 7.11. The molecule has 0 radical (unpaired) electrons. The molecule has 0 aliphatic rings. The first-order chi connectivity index (χ1) is 10.8. The Labute approximate surface area is 132 Å². The van der Waals surface area contributed by atoms with Gasteiger partial charge in [-0.15, -0.1) is 11.3 Å². The van der Waals surface area contributed by atoms with Crippen LogP contribution in [0.2, 0.25) is 0 Å². The van der Waals surface area contributed by atoms with E-state index in [1.807, 2.05) is 48.0 Å². The minimum absolute atomic E-state index is 0.346. The molecule has 3 aromatic rings. The maximum atomic E-state index is 11.8. The molecule has 0 amide bonds. The summed E-state index contributed by atoms with van der Waals surface area (Å²) in [5, 5.41) is 6.40. The minimum Gasteiger partial charge on any atom is -0.463 e. The van der Waals surface area contributed by atoms with Crippen molar-refractivity contribution in [2.24, 2.45) is 0 Å². The first-order valence-corrected chi connectivity index (χ1v) is 7.90. The van der Waals surface area contributed by atoms with Crippen molar-refractivity contribution < 1.29 is 9.53 Å². The van der Waals surface area contributed by atoms with Crippen molar-refractivity contribution in [3.05, 3.63) is 58.9 Å². The molecule has 0 spiro atoms. The van der Waals surface area contributed by atoms with E-state index in [0.29, 0.717) is 6.61 Å². The molecule has 2 N–H and O–H groups in total. The van der Waals surface area contributed by atoms with Gasteiger partial charge in [0.25, 0.3) is 0 Å². The lowest BCUT2D eigenvalue weighted by Gasteiger charge is -2.10. The summed E-state index contributed by atoms with van der Waals surface area (Å²) in [6, 6.07) is 12.0. The lowest BCUT2D eigenvalue weighted by Crippen LogP contribution is -2.05. The maximum absolute atomic E-state index is 11.8. The Hall–Kier alpha value is -2.53. The van der Waals surface area contributed by atoms with Gasteiger partial charge in [0, 0.05) is 28.9 Å². The van der Waals surface area contributed by atoms with E-state index in [0.717, 1.165) is 27.2 Å². The third-order valence-electron chi connectivity index (χ3n) is 3.17. The highest BCUT2D eigenvalue weighted by Crippen LogP contribution is 2.25. The van der Waals surface area contributed by atoms with Crippen LogP contribution < -0.4 is 5.32 Å². The van der Waals surface area contributed by atoms with E-state index >= 15 is 0 Å². The summed E-state index contributed by atoms with van der Waals surface area (Å²) in [6.07, 6.45) is 3.40. The second-order valence-electron chi connectivity index (χ2n) is 4.69. The van der Waals surface area contributed by atoms with Crippen LogP contribution in [0.25, 0.3) is 16.6 Å². The molecule has 5 heteroatoms. The van der Waals surface area contributed by atoms with Crippen LogP contribution in [0, 0.1) is 0 Å². The molecule has 0 bridgehead atoms. The largest absolute Gasteiger partial charge is 0.463 e. The van der Waals surface area contributed by atoms with Gasteiger partial charge in [0.2, 0.25) is 0 Å². The van der Waals surface area contributed by atoms with E-state index in [4.69, 9.17) is 4.74 Å². The number of benzene rings is 1. The fraction of sp³-hybridized carbons (Fsp3) is 0.118. The predicted molar refractivity (Wildman–Crippen MR) is 90.9 cm³/mol. The Balaban J connectivity index is 1.90. The van der Waals surface area contributed by atoms with Crippen molar-refractivity contribution in [3.63, 3.8) is 0 Å². The molecule has 0 fully saturated rings. The molecule has 0 aliphatic heterocycles. The molecule has 112 valence electrons. The van der Waals surface area contributed by atoms with Crippen molar-refractivity contribution >= 4 is 39.6 Å². The van der Waals surface area contributed by atoms with Crippen molar-refractivity contribution in [1.82, 2.24) is 4.98 Å². The van der Waals surface area contributed by atoms with E-state index in [1.165, 1.54) is 6.08 Å². The number of esters is 1. The number of thiophene rings is 1. The summed E-state index contributed by atoms with van der Waals surface area (Å²) in [7, 11) is 0. The number of rotatable bonds is 5. The number of carbonyl (C=O) groups excluding carboxylic acids is 1. The Morgan fingerprint density at radius 3 is 3.05 bits per heavy atom. The smallest absolute Gasteiger partial charge is 0.332 e. The molecule has 0 saturated heterocycles. The molecular weight excluding hydrogens is 296 g/mol. The number of H-pyrrole nitrogens is 1. The van der Waals surface area contributed by atoms with Gasteiger partial charge in [-0.05, 0) is 42.6 Å². The van der Waals surface area contributed by atoms with Gasteiger partial charge in [0.05, 0.1) is 17.2 Å². The zero-order valence-corrected chi connectivity index (χ0v) is 12.9.